The molecule has 0 aromatic heterocycles. The van der Waals surface area contributed by atoms with E-state index in [4.69, 9.17) is 30.5 Å². The summed E-state index contributed by atoms with van der Waals surface area (Å²) in [6, 6.07) is 2.96. The zero-order chi connectivity index (χ0) is 24.5. The molecular formula is C22H30ClN3O7. The summed E-state index contributed by atoms with van der Waals surface area (Å²) in [5.74, 6) is -1.59. The molecule has 0 saturated carbocycles. The molecule has 2 rings (SSSR count). The summed E-state index contributed by atoms with van der Waals surface area (Å²) < 4.78 is 20.5. The number of hydrogen-bond acceptors (Lipinski definition) is 9. The molecule has 1 aliphatic heterocycles. The summed E-state index contributed by atoms with van der Waals surface area (Å²) in [6.07, 6.45) is 0. The lowest BCUT2D eigenvalue weighted by Gasteiger charge is -2.32. The van der Waals surface area contributed by atoms with Crippen molar-refractivity contribution in [3.63, 3.8) is 0 Å². The summed E-state index contributed by atoms with van der Waals surface area (Å²) in [4.78, 5) is 41.1. The lowest BCUT2D eigenvalue weighted by atomic mass is 10.1. The first kappa shape index (κ1) is 26.4. The van der Waals surface area contributed by atoms with Crippen LogP contribution in [-0.4, -0.2) is 83.6 Å². The molecule has 182 valence electrons. The Morgan fingerprint density at radius 3 is 2.36 bits per heavy atom. The van der Waals surface area contributed by atoms with E-state index < -0.39 is 11.9 Å². The Bertz CT molecular complexity index is 915. The van der Waals surface area contributed by atoms with Crippen LogP contribution in [0.4, 0.5) is 5.69 Å². The van der Waals surface area contributed by atoms with Crippen LogP contribution in [0.3, 0.4) is 0 Å². The molecule has 10 nitrogen and oxygen atoms in total. The summed E-state index contributed by atoms with van der Waals surface area (Å²) in [7, 11) is 3.82. The number of nitrogens with one attached hydrogen (secondary N) is 1. The van der Waals surface area contributed by atoms with E-state index >= 15 is 0 Å². The topological polar surface area (TPSA) is 107 Å². The molecule has 0 aliphatic carbocycles. The molecule has 0 bridgehead atoms. The van der Waals surface area contributed by atoms with Gasteiger partial charge in [-0.2, -0.15) is 0 Å². The maximum absolute atomic E-state index is 12.8. The number of halogens is 1. The Balaban J connectivity index is 2.41. The number of esters is 2. The van der Waals surface area contributed by atoms with Gasteiger partial charge in [0.25, 0.3) is 5.91 Å². The van der Waals surface area contributed by atoms with Crippen molar-refractivity contribution in [3.05, 3.63) is 34.0 Å². The van der Waals surface area contributed by atoms with Crippen LogP contribution in [0.2, 0.25) is 5.02 Å². The van der Waals surface area contributed by atoms with Crippen molar-refractivity contribution in [1.82, 2.24) is 10.2 Å². The monoisotopic (exact) mass is 483 g/mol. The fourth-order valence-electron chi connectivity index (χ4n) is 3.39. The molecule has 1 aromatic rings. The van der Waals surface area contributed by atoms with Crippen LogP contribution in [0.25, 0.3) is 0 Å². The van der Waals surface area contributed by atoms with Gasteiger partial charge >= 0.3 is 11.9 Å². The normalized spacial score (nSPS) is 13.7. The third kappa shape index (κ3) is 6.16. The average Bonchev–Trinajstić information content (AvgIpc) is 2.84. The molecule has 1 amide bonds. The molecular weight excluding hydrogens is 454 g/mol. The average molecular weight is 484 g/mol. The molecule has 0 radical (unpaired) electrons. The lowest BCUT2D eigenvalue weighted by molar-refractivity contribution is -0.140. The summed E-state index contributed by atoms with van der Waals surface area (Å²) in [5.41, 5.74) is 0.468. The van der Waals surface area contributed by atoms with Crippen LogP contribution < -0.4 is 15.0 Å². The van der Waals surface area contributed by atoms with Gasteiger partial charge in [0, 0.05) is 19.2 Å². The molecule has 0 unspecified atom stereocenters. The Morgan fingerprint density at radius 1 is 1.12 bits per heavy atom. The molecule has 11 heteroatoms. The number of methoxy groups -OCH3 is 3. The van der Waals surface area contributed by atoms with Gasteiger partial charge in [0.2, 0.25) is 0 Å². The van der Waals surface area contributed by atoms with Crippen molar-refractivity contribution in [1.29, 1.82) is 0 Å². The minimum absolute atomic E-state index is 0.0103. The number of benzene rings is 1. The van der Waals surface area contributed by atoms with Gasteiger partial charge < -0.3 is 34.1 Å². The highest BCUT2D eigenvalue weighted by Gasteiger charge is 2.34. The van der Waals surface area contributed by atoms with E-state index in [1.165, 1.54) is 38.4 Å². The van der Waals surface area contributed by atoms with Gasteiger partial charge in [0.15, 0.2) is 0 Å². The van der Waals surface area contributed by atoms with E-state index in [2.05, 4.69) is 24.1 Å². The van der Waals surface area contributed by atoms with E-state index in [9.17, 15) is 14.4 Å². The van der Waals surface area contributed by atoms with Gasteiger partial charge in [-0.1, -0.05) is 25.4 Å². The highest BCUT2D eigenvalue weighted by Crippen LogP contribution is 2.37. The van der Waals surface area contributed by atoms with Gasteiger partial charge in [0.05, 0.1) is 49.8 Å². The SMILES string of the molecule is CCN(CC)CCNC(=O)c1cc(Cl)c(N2COCC(C(=O)OC)=C2C(=O)OC)cc1OC. The zero-order valence-corrected chi connectivity index (χ0v) is 20.3. The predicted octanol–water partition coefficient (Wildman–Crippen LogP) is 1.81. The number of carbonyl (C=O) groups is 3. The Kier molecular flexibility index (Phi) is 9.95. The second-order valence-corrected chi connectivity index (χ2v) is 7.41. The van der Waals surface area contributed by atoms with Crippen molar-refractivity contribution < 1.29 is 33.3 Å². The van der Waals surface area contributed by atoms with E-state index in [-0.39, 0.29) is 46.9 Å². The second kappa shape index (κ2) is 12.4. The van der Waals surface area contributed by atoms with Crippen molar-refractivity contribution in [2.75, 3.05) is 65.7 Å². The molecule has 0 saturated heterocycles. The van der Waals surface area contributed by atoms with Crippen LogP contribution in [-0.2, 0) is 23.8 Å². The Labute approximate surface area is 198 Å². The van der Waals surface area contributed by atoms with Crippen molar-refractivity contribution in [3.8, 4) is 5.75 Å². The van der Waals surface area contributed by atoms with Gasteiger partial charge in [-0.15, -0.1) is 0 Å². The molecule has 33 heavy (non-hydrogen) atoms. The third-order valence-corrected chi connectivity index (χ3v) is 5.55. The third-order valence-electron chi connectivity index (χ3n) is 5.25. The number of amides is 1. The number of likely N-dealkylation sites (N-methyl/N-ethyl adjacent to an activating group) is 1. The minimum Gasteiger partial charge on any atom is -0.496 e. The van der Waals surface area contributed by atoms with E-state index in [1.807, 2.05) is 0 Å². The molecule has 0 spiro atoms. The molecule has 1 N–H and O–H groups in total. The standard InChI is InChI=1S/C22H30ClN3O7/c1-6-25(7-2)9-8-24-20(27)14-10-16(23)17(11-18(14)30-3)26-13-33-12-15(21(28)31-4)19(26)22(29)32-5/h10-11H,6-9,12-13H2,1-5H3,(H,24,27). The predicted molar refractivity (Wildman–Crippen MR) is 122 cm³/mol. The number of hydrogen-bond donors (Lipinski definition) is 1. The van der Waals surface area contributed by atoms with Gasteiger partial charge in [-0.05, 0) is 19.2 Å². The Morgan fingerprint density at radius 2 is 1.79 bits per heavy atom. The van der Waals surface area contributed by atoms with Crippen LogP contribution in [0, 0.1) is 0 Å². The quantitative estimate of drug-likeness (QED) is 0.498. The van der Waals surface area contributed by atoms with Crippen LogP contribution in [0.1, 0.15) is 24.2 Å². The number of carbonyl (C=O) groups excluding carboxylic acids is 3. The smallest absolute Gasteiger partial charge is 0.355 e. The summed E-state index contributed by atoms with van der Waals surface area (Å²) >= 11 is 6.51. The van der Waals surface area contributed by atoms with Crippen molar-refractivity contribution >= 4 is 35.1 Å². The van der Waals surface area contributed by atoms with Gasteiger partial charge in [0.1, 0.15) is 18.2 Å². The largest absolute Gasteiger partial charge is 0.496 e. The summed E-state index contributed by atoms with van der Waals surface area (Å²) in [5, 5.41) is 3.02. The number of rotatable bonds is 10. The van der Waals surface area contributed by atoms with Gasteiger partial charge in [-0.25, -0.2) is 9.59 Å². The number of anilines is 1. The molecule has 0 fully saturated rings. The van der Waals surface area contributed by atoms with Crippen LogP contribution in [0.5, 0.6) is 5.75 Å². The first-order valence-electron chi connectivity index (χ1n) is 10.5. The fourth-order valence-corrected chi connectivity index (χ4v) is 3.66. The van der Waals surface area contributed by atoms with Crippen LogP contribution in [0.15, 0.2) is 23.4 Å². The molecule has 1 heterocycles. The first-order valence-corrected chi connectivity index (χ1v) is 10.8. The number of ether oxygens (including phenoxy) is 4. The minimum atomic E-state index is -0.757. The lowest BCUT2D eigenvalue weighted by Crippen LogP contribution is -2.39. The van der Waals surface area contributed by atoms with Crippen molar-refractivity contribution in [2.45, 2.75) is 13.8 Å². The summed E-state index contributed by atoms with van der Waals surface area (Å²) in [6.45, 7) is 6.84. The zero-order valence-electron chi connectivity index (χ0n) is 19.5. The molecule has 1 aliphatic rings. The van der Waals surface area contributed by atoms with E-state index in [0.717, 1.165) is 13.1 Å². The molecule has 1 aromatic carbocycles. The van der Waals surface area contributed by atoms with E-state index in [0.29, 0.717) is 18.8 Å². The fraction of sp³-hybridized carbons (Fsp3) is 0.500. The second-order valence-electron chi connectivity index (χ2n) is 7.00. The molecule has 0 atom stereocenters. The Hall–Kier alpha value is -2.82. The number of nitrogens with zero attached hydrogens (tertiary/aromatic N) is 2. The maximum Gasteiger partial charge on any atom is 0.355 e. The van der Waals surface area contributed by atoms with Gasteiger partial charge in [-0.3, -0.25) is 4.79 Å². The first-order chi connectivity index (χ1) is 15.8. The van der Waals surface area contributed by atoms with Crippen molar-refractivity contribution in [2.24, 2.45) is 0 Å². The van der Waals surface area contributed by atoms with Crippen LogP contribution >= 0.6 is 11.6 Å². The highest BCUT2D eigenvalue weighted by molar-refractivity contribution is 6.34. The highest BCUT2D eigenvalue weighted by atomic mass is 35.5. The van der Waals surface area contributed by atoms with E-state index in [1.54, 1.807) is 0 Å². The maximum atomic E-state index is 12.8.